The summed E-state index contributed by atoms with van der Waals surface area (Å²) in [5.74, 6) is 0.807. The third-order valence-corrected chi connectivity index (χ3v) is 5.85. The van der Waals surface area contributed by atoms with Gasteiger partial charge in [0, 0.05) is 17.5 Å². The normalized spacial score (nSPS) is 21.2. The van der Waals surface area contributed by atoms with E-state index in [1.54, 1.807) is 13.3 Å². The van der Waals surface area contributed by atoms with E-state index in [2.05, 4.69) is 28.5 Å². The SMILES string of the molecule is COc1ccc2c(c1)C[C@@](C)(C(=O)Nc1nccs1)[C@H]2c1ccccc1. The molecule has 1 aliphatic carbocycles. The molecule has 0 fully saturated rings. The maximum atomic E-state index is 13.3. The van der Waals surface area contributed by atoms with Crippen LogP contribution in [-0.2, 0) is 11.2 Å². The second-order valence-electron chi connectivity index (χ2n) is 6.79. The Morgan fingerprint density at radius 1 is 1.27 bits per heavy atom. The number of ether oxygens (including phenoxy) is 1. The van der Waals surface area contributed by atoms with E-state index in [9.17, 15) is 4.79 Å². The van der Waals surface area contributed by atoms with Crippen molar-refractivity contribution in [2.45, 2.75) is 19.3 Å². The predicted octanol–water partition coefficient (Wildman–Crippen LogP) is 4.48. The molecule has 3 aromatic rings. The number of aromatic nitrogens is 1. The molecule has 5 heteroatoms. The molecule has 1 amide bonds. The number of amides is 1. The lowest BCUT2D eigenvalue weighted by atomic mass is 9.73. The van der Waals surface area contributed by atoms with Crippen molar-refractivity contribution >= 4 is 22.4 Å². The van der Waals surface area contributed by atoms with Gasteiger partial charge in [0.25, 0.3) is 0 Å². The molecule has 2 aromatic carbocycles. The van der Waals surface area contributed by atoms with Crippen molar-refractivity contribution in [3.8, 4) is 5.75 Å². The van der Waals surface area contributed by atoms with Crippen molar-refractivity contribution < 1.29 is 9.53 Å². The lowest BCUT2D eigenvalue weighted by Gasteiger charge is -2.30. The fourth-order valence-corrected chi connectivity index (χ4v) is 4.44. The van der Waals surface area contributed by atoms with E-state index in [0.29, 0.717) is 11.6 Å². The van der Waals surface area contributed by atoms with Crippen molar-refractivity contribution in [2.75, 3.05) is 12.4 Å². The number of thiazole rings is 1. The highest BCUT2D eigenvalue weighted by molar-refractivity contribution is 7.13. The van der Waals surface area contributed by atoms with Crippen molar-refractivity contribution in [2.24, 2.45) is 5.41 Å². The zero-order chi connectivity index (χ0) is 18.1. The van der Waals surface area contributed by atoms with Gasteiger partial charge in [-0.3, -0.25) is 4.79 Å². The van der Waals surface area contributed by atoms with Crippen molar-refractivity contribution in [1.82, 2.24) is 4.98 Å². The number of nitrogens with zero attached hydrogens (tertiary/aromatic N) is 1. The monoisotopic (exact) mass is 364 g/mol. The molecule has 4 nitrogen and oxygen atoms in total. The molecular weight excluding hydrogens is 344 g/mol. The van der Waals surface area contributed by atoms with Crippen LogP contribution in [0, 0.1) is 5.41 Å². The Morgan fingerprint density at radius 3 is 2.77 bits per heavy atom. The molecule has 2 atom stereocenters. The number of carbonyl (C=O) groups excluding carboxylic acids is 1. The number of hydrogen-bond acceptors (Lipinski definition) is 4. The standard InChI is InChI=1S/C21H20N2O2S/c1-21(19(24)23-20-22-10-11-26-20)13-15-12-16(25-2)8-9-17(15)18(21)14-6-4-3-5-7-14/h3-12,18H,13H2,1-2H3,(H,22,23,24)/t18-,21+/m0/s1. The Labute approximate surface area is 156 Å². The Bertz CT molecular complexity index is 924. The van der Waals surface area contributed by atoms with Gasteiger partial charge in [0.1, 0.15) is 5.75 Å². The largest absolute Gasteiger partial charge is 0.497 e. The number of rotatable bonds is 4. The highest BCUT2D eigenvalue weighted by atomic mass is 32.1. The van der Waals surface area contributed by atoms with E-state index >= 15 is 0 Å². The molecule has 1 aromatic heterocycles. The topological polar surface area (TPSA) is 51.2 Å². The third kappa shape index (κ3) is 2.78. The van der Waals surface area contributed by atoms with Crippen LogP contribution in [0.3, 0.4) is 0 Å². The maximum absolute atomic E-state index is 13.3. The van der Waals surface area contributed by atoms with E-state index in [1.807, 2.05) is 42.6 Å². The second-order valence-corrected chi connectivity index (χ2v) is 7.69. The molecule has 26 heavy (non-hydrogen) atoms. The van der Waals surface area contributed by atoms with Gasteiger partial charge in [-0.25, -0.2) is 4.98 Å². The molecule has 1 aliphatic rings. The lowest BCUT2D eigenvalue weighted by molar-refractivity contribution is -0.125. The van der Waals surface area contributed by atoms with Crippen LogP contribution in [0.25, 0.3) is 0 Å². The van der Waals surface area contributed by atoms with E-state index in [4.69, 9.17) is 4.74 Å². The first kappa shape index (κ1) is 16.8. The summed E-state index contributed by atoms with van der Waals surface area (Å²) in [6, 6.07) is 16.4. The molecule has 0 aliphatic heterocycles. The Hall–Kier alpha value is -2.66. The van der Waals surface area contributed by atoms with Gasteiger partial charge >= 0.3 is 0 Å². The summed E-state index contributed by atoms with van der Waals surface area (Å²) in [6.07, 6.45) is 2.36. The van der Waals surface area contributed by atoms with Crippen LogP contribution < -0.4 is 10.1 Å². The molecule has 4 rings (SSSR count). The van der Waals surface area contributed by atoms with Gasteiger partial charge in [0.2, 0.25) is 5.91 Å². The van der Waals surface area contributed by atoms with Crippen LogP contribution in [0.5, 0.6) is 5.75 Å². The molecule has 132 valence electrons. The zero-order valence-corrected chi connectivity index (χ0v) is 15.5. The summed E-state index contributed by atoms with van der Waals surface area (Å²) >= 11 is 1.43. The van der Waals surface area contributed by atoms with Gasteiger partial charge in [-0.1, -0.05) is 36.4 Å². The number of benzene rings is 2. The number of carbonyl (C=O) groups is 1. The van der Waals surface area contributed by atoms with Gasteiger partial charge in [0.15, 0.2) is 5.13 Å². The number of hydrogen-bond donors (Lipinski definition) is 1. The van der Waals surface area contributed by atoms with Gasteiger partial charge < -0.3 is 10.1 Å². The minimum Gasteiger partial charge on any atom is -0.497 e. The van der Waals surface area contributed by atoms with Crippen LogP contribution >= 0.6 is 11.3 Å². The second kappa shape index (κ2) is 6.57. The molecule has 0 saturated heterocycles. The van der Waals surface area contributed by atoms with Gasteiger partial charge in [-0.05, 0) is 42.2 Å². The highest BCUT2D eigenvalue weighted by Crippen LogP contribution is 2.51. The van der Waals surface area contributed by atoms with Crippen LogP contribution in [-0.4, -0.2) is 18.0 Å². The van der Waals surface area contributed by atoms with E-state index in [0.717, 1.165) is 16.9 Å². The van der Waals surface area contributed by atoms with Gasteiger partial charge in [0.05, 0.1) is 12.5 Å². The summed E-state index contributed by atoms with van der Waals surface area (Å²) in [5.41, 5.74) is 2.90. The molecule has 0 bridgehead atoms. The van der Waals surface area contributed by atoms with Crippen LogP contribution in [0.15, 0.2) is 60.1 Å². The highest BCUT2D eigenvalue weighted by Gasteiger charge is 2.49. The molecule has 0 radical (unpaired) electrons. The van der Waals surface area contributed by atoms with Crippen molar-refractivity contribution in [3.05, 3.63) is 76.8 Å². The van der Waals surface area contributed by atoms with Gasteiger partial charge in [-0.2, -0.15) is 0 Å². The summed E-state index contributed by atoms with van der Waals surface area (Å²) < 4.78 is 5.39. The Kier molecular flexibility index (Phi) is 4.24. The Morgan fingerprint density at radius 2 is 2.08 bits per heavy atom. The summed E-state index contributed by atoms with van der Waals surface area (Å²) in [7, 11) is 1.67. The van der Waals surface area contributed by atoms with Crippen molar-refractivity contribution in [3.63, 3.8) is 0 Å². The van der Waals surface area contributed by atoms with Crippen LogP contribution in [0.1, 0.15) is 29.5 Å². The lowest BCUT2D eigenvalue weighted by Crippen LogP contribution is -2.37. The zero-order valence-electron chi connectivity index (χ0n) is 14.7. The first-order chi connectivity index (χ1) is 12.6. The number of fused-ring (bicyclic) bond motifs is 1. The van der Waals surface area contributed by atoms with Crippen LogP contribution in [0.4, 0.5) is 5.13 Å². The molecule has 1 heterocycles. The average molecular weight is 364 g/mol. The number of methoxy groups -OCH3 is 1. The Balaban J connectivity index is 1.78. The smallest absolute Gasteiger partial charge is 0.233 e. The van der Waals surface area contributed by atoms with Gasteiger partial charge in [-0.15, -0.1) is 11.3 Å². The number of anilines is 1. The fourth-order valence-electron chi connectivity index (χ4n) is 3.91. The molecular formula is C21H20N2O2S. The first-order valence-electron chi connectivity index (χ1n) is 8.54. The minimum absolute atomic E-state index is 0.00327. The minimum atomic E-state index is -0.596. The summed E-state index contributed by atoms with van der Waals surface area (Å²) in [6.45, 7) is 2.04. The van der Waals surface area contributed by atoms with Crippen LogP contribution in [0.2, 0.25) is 0 Å². The summed E-state index contributed by atoms with van der Waals surface area (Å²) in [5, 5.41) is 5.50. The quantitative estimate of drug-likeness (QED) is 0.742. The molecule has 0 unspecified atom stereocenters. The maximum Gasteiger partial charge on any atom is 0.233 e. The van der Waals surface area contributed by atoms with E-state index in [-0.39, 0.29) is 11.8 Å². The number of nitrogens with one attached hydrogen (secondary N) is 1. The van der Waals surface area contributed by atoms with E-state index < -0.39 is 5.41 Å². The first-order valence-corrected chi connectivity index (χ1v) is 9.42. The fraction of sp³-hybridized carbons (Fsp3) is 0.238. The summed E-state index contributed by atoms with van der Waals surface area (Å²) in [4.78, 5) is 17.5. The third-order valence-electron chi connectivity index (χ3n) is 5.16. The van der Waals surface area contributed by atoms with E-state index in [1.165, 1.54) is 16.9 Å². The molecule has 0 saturated carbocycles. The average Bonchev–Trinajstić information content (AvgIpc) is 3.27. The predicted molar refractivity (Wildman–Crippen MR) is 104 cm³/mol. The molecule has 1 N–H and O–H groups in total. The molecule has 0 spiro atoms. The van der Waals surface area contributed by atoms with Crippen molar-refractivity contribution in [1.29, 1.82) is 0 Å².